The maximum Gasteiger partial charge on any atom is 0.308 e. The first-order valence-electron chi connectivity index (χ1n) is 4.31. The van der Waals surface area contributed by atoms with Crippen molar-refractivity contribution in [2.75, 3.05) is 13.1 Å². The fourth-order valence-corrected chi connectivity index (χ4v) is 0.971. The Morgan fingerprint density at radius 3 is 2.54 bits per heavy atom. The third kappa shape index (κ3) is 5.19. The van der Waals surface area contributed by atoms with Crippen molar-refractivity contribution in [1.29, 1.82) is 0 Å². The molecular weight excluding hydrogens is 172 g/mol. The van der Waals surface area contributed by atoms with Crippen LogP contribution in [-0.2, 0) is 9.59 Å². The van der Waals surface area contributed by atoms with E-state index in [0.717, 1.165) is 6.42 Å². The average Bonchev–Trinajstić information content (AvgIpc) is 2.11. The lowest BCUT2D eigenvalue weighted by atomic mass is 10.0. The fraction of sp³-hybridized carbons (Fsp3) is 0.750. The summed E-state index contributed by atoms with van der Waals surface area (Å²) >= 11 is 0. The van der Waals surface area contributed by atoms with Gasteiger partial charge in [-0.3, -0.25) is 9.59 Å². The smallest absolute Gasteiger partial charge is 0.308 e. The Morgan fingerprint density at radius 2 is 2.15 bits per heavy atom. The second-order valence-corrected chi connectivity index (χ2v) is 2.83. The van der Waals surface area contributed by atoms with Gasteiger partial charge in [-0.05, 0) is 6.42 Å². The molecule has 1 amide bonds. The predicted molar refractivity (Wildman–Crippen MR) is 48.1 cm³/mol. The molecule has 0 bridgehead atoms. The van der Waals surface area contributed by atoms with Crippen LogP contribution in [-0.4, -0.2) is 30.1 Å². The highest BCUT2D eigenvalue weighted by atomic mass is 16.4. The number of aliphatic carboxylic acids is 1. The summed E-state index contributed by atoms with van der Waals surface area (Å²) in [4.78, 5) is 21.3. The van der Waals surface area contributed by atoms with E-state index in [4.69, 9.17) is 10.8 Å². The molecule has 0 fully saturated rings. The molecule has 0 spiro atoms. The van der Waals surface area contributed by atoms with E-state index in [-0.39, 0.29) is 19.0 Å². The van der Waals surface area contributed by atoms with Crippen molar-refractivity contribution in [3.63, 3.8) is 0 Å². The lowest BCUT2D eigenvalue weighted by Gasteiger charge is -2.11. The molecule has 13 heavy (non-hydrogen) atoms. The van der Waals surface area contributed by atoms with Crippen molar-refractivity contribution in [1.82, 2.24) is 5.32 Å². The maximum atomic E-state index is 10.7. The van der Waals surface area contributed by atoms with Gasteiger partial charge in [-0.15, -0.1) is 0 Å². The molecule has 0 aliphatic carbocycles. The van der Waals surface area contributed by atoms with Gasteiger partial charge in [-0.2, -0.15) is 0 Å². The number of nitrogens with one attached hydrogen (secondary N) is 1. The average molecular weight is 188 g/mol. The molecule has 0 radical (unpaired) electrons. The molecule has 0 saturated heterocycles. The largest absolute Gasteiger partial charge is 0.481 e. The molecule has 0 aromatic carbocycles. The van der Waals surface area contributed by atoms with Gasteiger partial charge in [0.05, 0.1) is 12.5 Å². The minimum Gasteiger partial charge on any atom is -0.481 e. The van der Waals surface area contributed by atoms with Crippen LogP contribution in [0.15, 0.2) is 0 Å². The number of hydrogen-bond donors (Lipinski definition) is 3. The number of carbonyl (C=O) groups is 2. The molecule has 0 aromatic rings. The first kappa shape index (κ1) is 11.9. The summed E-state index contributed by atoms with van der Waals surface area (Å²) in [6, 6.07) is 0. The zero-order valence-corrected chi connectivity index (χ0v) is 7.75. The third-order valence-electron chi connectivity index (χ3n) is 1.72. The van der Waals surface area contributed by atoms with Crippen LogP contribution in [0.1, 0.15) is 19.8 Å². The van der Waals surface area contributed by atoms with E-state index < -0.39 is 11.9 Å². The van der Waals surface area contributed by atoms with Gasteiger partial charge in [0.1, 0.15) is 0 Å². The molecule has 0 aromatic heterocycles. The summed E-state index contributed by atoms with van der Waals surface area (Å²) in [7, 11) is 0. The van der Waals surface area contributed by atoms with Crippen LogP contribution < -0.4 is 11.1 Å². The van der Waals surface area contributed by atoms with Gasteiger partial charge in [0.2, 0.25) is 5.91 Å². The summed E-state index contributed by atoms with van der Waals surface area (Å²) < 4.78 is 0. The van der Waals surface area contributed by atoms with Gasteiger partial charge >= 0.3 is 5.97 Å². The van der Waals surface area contributed by atoms with Crippen LogP contribution in [0.2, 0.25) is 0 Å². The third-order valence-corrected chi connectivity index (χ3v) is 1.72. The van der Waals surface area contributed by atoms with Gasteiger partial charge in [0.15, 0.2) is 0 Å². The van der Waals surface area contributed by atoms with Crippen molar-refractivity contribution in [2.45, 2.75) is 19.8 Å². The van der Waals surface area contributed by atoms with E-state index in [2.05, 4.69) is 5.32 Å². The van der Waals surface area contributed by atoms with E-state index in [1.165, 1.54) is 0 Å². The van der Waals surface area contributed by atoms with Gasteiger partial charge in [-0.25, -0.2) is 0 Å². The van der Waals surface area contributed by atoms with Crippen molar-refractivity contribution >= 4 is 11.9 Å². The Kier molecular flexibility index (Phi) is 5.88. The molecule has 76 valence electrons. The van der Waals surface area contributed by atoms with Crippen molar-refractivity contribution < 1.29 is 14.7 Å². The van der Waals surface area contributed by atoms with Crippen LogP contribution >= 0.6 is 0 Å². The van der Waals surface area contributed by atoms with Crippen LogP contribution in [0, 0.1) is 5.92 Å². The fourth-order valence-electron chi connectivity index (χ4n) is 0.971. The highest BCUT2D eigenvalue weighted by Gasteiger charge is 2.16. The summed E-state index contributed by atoms with van der Waals surface area (Å²) in [5.74, 6) is -1.69. The number of amides is 1. The van der Waals surface area contributed by atoms with Crippen molar-refractivity contribution in [2.24, 2.45) is 11.7 Å². The van der Waals surface area contributed by atoms with E-state index >= 15 is 0 Å². The summed E-state index contributed by atoms with van der Waals surface area (Å²) in [5.41, 5.74) is 5.05. The molecule has 0 saturated carbocycles. The van der Waals surface area contributed by atoms with Crippen LogP contribution in [0.3, 0.4) is 0 Å². The van der Waals surface area contributed by atoms with Crippen molar-refractivity contribution in [3.8, 4) is 0 Å². The number of carbonyl (C=O) groups excluding carboxylic acids is 1. The Hall–Kier alpha value is -1.10. The molecule has 5 nitrogen and oxygen atoms in total. The van der Waals surface area contributed by atoms with E-state index in [0.29, 0.717) is 6.42 Å². The standard InChI is InChI=1S/C8H16N2O3/c1-2-3-6(8(12)13)5-10-7(11)4-9/h6H,2-5,9H2,1H3,(H,10,11)(H,12,13). The lowest BCUT2D eigenvalue weighted by molar-refractivity contribution is -0.141. The molecular formula is C8H16N2O3. The second-order valence-electron chi connectivity index (χ2n) is 2.83. The van der Waals surface area contributed by atoms with Gasteiger partial charge in [-0.1, -0.05) is 13.3 Å². The molecule has 5 heteroatoms. The molecule has 0 aliphatic rings. The topological polar surface area (TPSA) is 92.4 Å². The molecule has 0 aliphatic heterocycles. The summed E-state index contributed by atoms with van der Waals surface area (Å²) in [5, 5.41) is 11.2. The molecule has 1 unspecified atom stereocenters. The van der Waals surface area contributed by atoms with Gasteiger partial charge in [0, 0.05) is 6.54 Å². The zero-order valence-electron chi connectivity index (χ0n) is 7.75. The number of nitrogens with two attached hydrogens (primary N) is 1. The number of hydrogen-bond acceptors (Lipinski definition) is 3. The predicted octanol–water partition coefficient (Wildman–Crippen LogP) is -0.438. The Labute approximate surface area is 77.3 Å². The SMILES string of the molecule is CCCC(CNC(=O)CN)C(=O)O. The molecule has 0 heterocycles. The molecule has 1 atom stereocenters. The first-order chi connectivity index (χ1) is 6.11. The van der Waals surface area contributed by atoms with E-state index in [1.54, 1.807) is 0 Å². The van der Waals surface area contributed by atoms with Gasteiger partial charge < -0.3 is 16.2 Å². The summed E-state index contributed by atoms with van der Waals surface area (Å²) in [6.07, 6.45) is 1.36. The van der Waals surface area contributed by atoms with Crippen molar-refractivity contribution in [3.05, 3.63) is 0 Å². The minimum atomic E-state index is -0.876. The summed E-state index contributed by atoms with van der Waals surface area (Å²) in [6.45, 7) is 1.97. The normalized spacial score (nSPS) is 12.2. The number of rotatable bonds is 6. The Balaban J connectivity index is 3.82. The quantitative estimate of drug-likeness (QED) is 0.527. The number of carboxylic acids is 1. The second kappa shape index (κ2) is 6.42. The van der Waals surface area contributed by atoms with E-state index in [1.807, 2.05) is 6.92 Å². The Bertz CT molecular complexity index is 182. The minimum absolute atomic E-state index is 0.0987. The molecule has 0 rings (SSSR count). The van der Waals surface area contributed by atoms with E-state index in [9.17, 15) is 9.59 Å². The highest BCUT2D eigenvalue weighted by Crippen LogP contribution is 2.04. The van der Waals surface area contributed by atoms with Crippen LogP contribution in [0.25, 0.3) is 0 Å². The number of carboxylic acid groups (broad SMARTS) is 1. The van der Waals surface area contributed by atoms with Crippen LogP contribution in [0.5, 0.6) is 0 Å². The monoisotopic (exact) mass is 188 g/mol. The lowest BCUT2D eigenvalue weighted by Crippen LogP contribution is -2.36. The maximum absolute atomic E-state index is 10.7. The highest BCUT2D eigenvalue weighted by molar-refractivity contribution is 5.78. The Morgan fingerprint density at radius 1 is 1.54 bits per heavy atom. The molecule has 4 N–H and O–H groups in total. The van der Waals surface area contributed by atoms with Gasteiger partial charge in [0.25, 0.3) is 0 Å². The van der Waals surface area contributed by atoms with Crippen LogP contribution in [0.4, 0.5) is 0 Å². The first-order valence-corrected chi connectivity index (χ1v) is 4.31. The zero-order chi connectivity index (χ0) is 10.3.